The van der Waals surface area contributed by atoms with Crippen molar-refractivity contribution in [2.75, 3.05) is 79.3 Å². The van der Waals surface area contributed by atoms with Crippen LogP contribution in [0, 0.1) is 0 Å². The number of hydrogen-bond donors (Lipinski definition) is 0. The quantitative estimate of drug-likeness (QED) is 0.275. The third-order valence-electron chi connectivity index (χ3n) is 3.35. The second-order valence-corrected chi connectivity index (χ2v) is 5.73. The van der Waals surface area contributed by atoms with Crippen LogP contribution >= 0.6 is 0 Å². The summed E-state index contributed by atoms with van der Waals surface area (Å²) >= 11 is 0. The molecule has 0 N–H and O–H groups in total. The van der Waals surface area contributed by atoms with Gasteiger partial charge in [0, 0.05) is 13.2 Å². The molecule has 0 unspecified atom stereocenters. The van der Waals surface area contributed by atoms with Crippen LogP contribution in [0.4, 0.5) is 0 Å². The zero-order valence-corrected chi connectivity index (χ0v) is 16.5. The summed E-state index contributed by atoms with van der Waals surface area (Å²) in [6, 6.07) is 0. The van der Waals surface area contributed by atoms with Gasteiger partial charge in [0.2, 0.25) is 0 Å². The van der Waals surface area contributed by atoms with Crippen LogP contribution in [-0.2, 0) is 28.4 Å². The molecule has 0 radical (unpaired) electrons. The van der Waals surface area contributed by atoms with Gasteiger partial charge in [-0.05, 0) is 12.8 Å². The molecule has 0 atom stereocenters. The van der Waals surface area contributed by atoms with Gasteiger partial charge in [0.1, 0.15) is 0 Å². The lowest BCUT2D eigenvalue weighted by Crippen LogP contribution is -2.14. The highest BCUT2D eigenvalue weighted by molar-refractivity contribution is 4.40. The molecule has 0 saturated carbocycles. The summed E-state index contributed by atoms with van der Waals surface area (Å²) in [5, 5.41) is 0. The minimum absolute atomic E-state index is 0.580. The Morgan fingerprint density at radius 1 is 0.320 bits per heavy atom. The van der Waals surface area contributed by atoms with Gasteiger partial charge >= 0.3 is 0 Å². The Morgan fingerprint density at radius 3 is 1.04 bits per heavy atom. The molecule has 0 amide bonds. The average molecular weight is 365 g/mol. The third-order valence-corrected chi connectivity index (χ3v) is 3.35. The van der Waals surface area contributed by atoms with Gasteiger partial charge in [-0.1, -0.05) is 33.1 Å². The van der Waals surface area contributed by atoms with Crippen LogP contribution in [0.25, 0.3) is 0 Å². The van der Waals surface area contributed by atoms with Crippen molar-refractivity contribution in [2.45, 2.75) is 46.0 Å². The smallest absolute Gasteiger partial charge is 0.0701 e. The molecule has 0 bridgehead atoms. The highest BCUT2D eigenvalue weighted by Crippen LogP contribution is 1.98. The lowest BCUT2D eigenvalue weighted by molar-refractivity contribution is -0.0168. The maximum atomic E-state index is 5.49. The van der Waals surface area contributed by atoms with Gasteiger partial charge in [-0.15, -0.1) is 0 Å². The van der Waals surface area contributed by atoms with Crippen molar-refractivity contribution in [2.24, 2.45) is 0 Å². The predicted molar refractivity (Wildman–Crippen MR) is 99.3 cm³/mol. The average Bonchev–Trinajstić information content (AvgIpc) is 2.63. The molecule has 0 aromatic heterocycles. The molecule has 0 aromatic rings. The fourth-order valence-electron chi connectivity index (χ4n) is 1.98. The van der Waals surface area contributed by atoms with Crippen molar-refractivity contribution in [3.8, 4) is 0 Å². The first-order valence-electron chi connectivity index (χ1n) is 9.88. The van der Waals surface area contributed by atoms with E-state index in [1.807, 2.05) is 0 Å². The van der Waals surface area contributed by atoms with Gasteiger partial charge in [0.05, 0.1) is 66.1 Å². The molecule has 6 heteroatoms. The molecule has 0 rings (SSSR count). The van der Waals surface area contributed by atoms with E-state index in [2.05, 4.69) is 13.8 Å². The van der Waals surface area contributed by atoms with E-state index >= 15 is 0 Å². The first-order chi connectivity index (χ1) is 12.4. The Balaban J connectivity index is 2.94. The van der Waals surface area contributed by atoms with Gasteiger partial charge in [-0.2, -0.15) is 0 Å². The normalized spacial score (nSPS) is 11.3. The lowest BCUT2D eigenvalue weighted by Gasteiger charge is -2.08. The fourth-order valence-corrected chi connectivity index (χ4v) is 1.98. The molecule has 0 aromatic carbocycles. The van der Waals surface area contributed by atoms with Crippen LogP contribution in [0.2, 0.25) is 0 Å². The molecule has 0 aliphatic heterocycles. The Hall–Kier alpha value is -0.240. The van der Waals surface area contributed by atoms with Crippen LogP contribution in [0.15, 0.2) is 0 Å². The molecule has 0 spiro atoms. The molecular weight excluding hydrogens is 324 g/mol. The Kier molecular flexibility index (Phi) is 23.5. The number of rotatable bonds is 22. The van der Waals surface area contributed by atoms with Crippen LogP contribution in [0.3, 0.4) is 0 Å². The van der Waals surface area contributed by atoms with E-state index in [0.29, 0.717) is 66.1 Å². The van der Waals surface area contributed by atoms with Gasteiger partial charge in [0.15, 0.2) is 0 Å². The summed E-state index contributed by atoms with van der Waals surface area (Å²) < 4.78 is 32.5. The van der Waals surface area contributed by atoms with Gasteiger partial charge in [0.25, 0.3) is 0 Å². The van der Waals surface area contributed by atoms with Crippen LogP contribution in [0.1, 0.15) is 46.0 Å². The van der Waals surface area contributed by atoms with E-state index in [1.165, 1.54) is 19.3 Å². The van der Waals surface area contributed by atoms with Crippen LogP contribution in [0.5, 0.6) is 0 Å². The maximum absolute atomic E-state index is 5.49. The second-order valence-electron chi connectivity index (χ2n) is 5.73. The zero-order valence-electron chi connectivity index (χ0n) is 16.5. The Labute approximate surface area is 154 Å². The van der Waals surface area contributed by atoms with E-state index in [0.717, 1.165) is 26.1 Å². The van der Waals surface area contributed by atoms with Crippen molar-refractivity contribution < 1.29 is 28.4 Å². The molecule has 6 nitrogen and oxygen atoms in total. The summed E-state index contributed by atoms with van der Waals surface area (Å²) in [6.07, 6.45) is 6.00. The summed E-state index contributed by atoms with van der Waals surface area (Å²) in [7, 11) is 0. The summed E-state index contributed by atoms with van der Waals surface area (Å²) in [6.45, 7) is 12.0. The molecule has 0 aliphatic rings. The monoisotopic (exact) mass is 364 g/mol. The van der Waals surface area contributed by atoms with E-state index in [9.17, 15) is 0 Å². The lowest BCUT2D eigenvalue weighted by atomic mass is 10.2. The number of ether oxygens (including phenoxy) is 6. The SMILES string of the molecule is CCCCCCOCCOCCOCCOCCOCCOCCC. The third kappa shape index (κ3) is 23.8. The van der Waals surface area contributed by atoms with Crippen molar-refractivity contribution in [3.63, 3.8) is 0 Å². The number of hydrogen-bond acceptors (Lipinski definition) is 6. The predicted octanol–water partition coefficient (Wildman–Crippen LogP) is 3.08. The van der Waals surface area contributed by atoms with E-state index < -0.39 is 0 Å². The Bertz CT molecular complexity index is 206. The molecule has 152 valence electrons. The van der Waals surface area contributed by atoms with Crippen molar-refractivity contribution in [3.05, 3.63) is 0 Å². The molecule has 0 heterocycles. The maximum Gasteiger partial charge on any atom is 0.0701 e. The van der Waals surface area contributed by atoms with Crippen molar-refractivity contribution >= 4 is 0 Å². The standard InChI is InChI=1S/C19H40O6/c1-3-5-6-7-9-21-11-13-23-15-17-25-19-18-24-16-14-22-12-10-20-8-4-2/h3-19H2,1-2H3. The van der Waals surface area contributed by atoms with E-state index in [4.69, 9.17) is 28.4 Å². The van der Waals surface area contributed by atoms with Crippen LogP contribution < -0.4 is 0 Å². The zero-order chi connectivity index (χ0) is 18.3. The molecule has 25 heavy (non-hydrogen) atoms. The highest BCUT2D eigenvalue weighted by Gasteiger charge is 1.94. The van der Waals surface area contributed by atoms with Crippen molar-refractivity contribution in [1.82, 2.24) is 0 Å². The number of unbranched alkanes of at least 4 members (excludes halogenated alkanes) is 3. The molecular formula is C19H40O6. The summed E-state index contributed by atoms with van der Waals surface area (Å²) in [5.41, 5.74) is 0. The summed E-state index contributed by atoms with van der Waals surface area (Å²) in [4.78, 5) is 0. The van der Waals surface area contributed by atoms with E-state index in [1.54, 1.807) is 0 Å². The van der Waals surface area contributed by atoms with Gasteiger partial charge < -0.3 is 28.4 Å². The molecule has 0 fully saturated rings. The Morgan fingerprint density at radius 2 is 0.680 bits per heavy atom. The van der Waals surface area contributed by atoms with Crippen LogP contribution in [-0.4, -0.2) is 79.3 Å². The minimum Gasteiger partial charge on any atom is -0.379 e. The first-order valence-corrected chi connectivity index (χ1v) is 9.88. The summed E-state index contributed by atoms with van der Waals surface area (Å²) in [5.74, 6) is 0. The highest BCUT2D eigenvalue weighted by atomic mass is 16.6. The topological polar surface area (TPSA) is 55.4 Å². The molecule has 0 saturated heterocycles. The minimum atomic E-state index is 0.580. The van der Waals surface area contributed by atoms with Gasteiger partial charge in [-0.3, -0.25) is 0 Å². The first kappa shape index (κ1) is 24.8. The fraction of sp³-hybridized carbons (Fsp3) is 1.00. The van der Waals surface area contributed by atoms with Gasteiger partial charge in [-0.25, -0.2) is 0 Å². The second kappa shape index (κ2) is 23.8. The largest absolute Gasteiger partial charge is 0.379 e. The van der Waals surface area contributed by atoms with Crippen molar-refractivity contribution in [1.29, 1.82) is 0 Å². The molecule has 0 aliphatic carbocycles. The van der Waals surface area contributed by atoms with E-state index in [-0.39, 0.29) is 0 Å².